The van der Waals surface area contributed by atoms with Gasteiger partial charge in [0.1, 0.15) is 0 Å². The average molecular weight is 231 g/mol. The Kier molecular flexibility index (Phi) is 2.93. The van der Waals surface area contributed by atoms with Gasteiger partial charge in [-0.15, -0.1) is 0 Å². The SMILES string of the molecule is COC(=O)c1c(Cl)ncn1[C@H]1CCOC1. The lowest BCUT2D eigenvalue weighted by molar-refractivity contribution is 0.0585. The molecule has 2 rings (SSSR count). The highest BCUT2D eigenvalue weighted by Gasteiger charge is 2.25. The molecule has 0 aromatic carbocycles. The van der Waals surface area contributed by atoms with Crippen molar-refractivity contribution in [3.63, 3.8) is 0 Å². The second kappa shape index (κ2) is 4.20. The smallest absolute Gasteiger partial charge is 0.357 e. The molecule has 0 unspecified atom stereocenters. The van der Waals surface area contributed by atoms with Gasteiger partial charge in [0.15, 0.2) is 10.8 Å². The van der Waals surface area contributed by atoms with E-state index in [-0.39, 0.29) is 11.2 Å². The van der Waals surface area contributed by atoms with E-state index in [1.54, 1.807) is 10.9 Å². The van der Waals surface area contributed by atoms with Gasteiger partial charge in [-0.1, -0.05) is 11.6 Å². The summed E-state index contributed by atoms with van der Waals surface area (Å²) in [5.41, 5.74) is 0.301. The summed E-state index contributed by atoms with van der Waals surface area (Å²) in [6.45, 7) is 1.28. The van der Waals surface area contributed by atoms with E-state index in [4.69, 9.17) is 16.3 Å². The second-order valence-corrected chi connectivity index (χ2v) is 3.66. The summed E-state index contributed by atoms with van der Waals surface area (Å²) in [7, 11) is 1.32. The van der Waals surface area contributed by atoms with Gasteiger partial charge in [0.2, 0.25) is 0 Å². The fourth-order valence-electron chi connectivity index (χ4n) is 1.64. The summed E-state index contributed by atoms with van der Waals surface area (Å²) >= 11 is 5.82. The molecule has 5 nitrogen and oxygen atoms in total. The molecule has 0 bridgehead atoms. The molecule has 1 fully saturated rings. The van der Waals surface area contributed by atoms with Gasteiger partial charge in [0.05, 0.1) is 26.1 Å². The maximum atomic E-state index is 11.5. The number of esters is 1. The van der Waals surface area contributed by atoms with Crippen molar-refractivity contribution in [1.29, 1.82) is 0 Å². The molecule has 1 aromatic rings. The zero-order valence-electron chi connectivity index (χ0n) is 8.27. The van der Waals surface area contributed by atoms with E-state index >= 15 is 0 Å². The number of rotatable bonds is 2. The molecular weight excluding hydrogens is 220 g/mol. The van der Waals surface area contributed by atoms with Gasteiger partial charge in [-0.3, -0.25) is 0 Å². The van der Waals surface area contributed by atoms with Crippen LogP contribution in [0, 0.1) is 0 Å². The molecular formula is C9H11ClN2O3. The van der Waals surface area contributed by atoms with E-state index < -0.39 is 5.97 Å². The van der Waals surface area contributed by atoms with Crippen LogP contribution < -0.4 is 0 Å². The number of hydrogen-bond donors (Lipinski definition) is 0. The van der Waals surface area contributed by atoms with Crippen LogP contribution in [0.5, 0.6) is 0 Å². The molecule has 1 aliphatic heterocycles. The molecule has 1 saturated heterocycles. The predicted octanol–water partition coefficient (Wildman–Crippen LogP) is 1.28. The minimum absolute atomic E-state index is 0.124. The van der Waals surface area contributed by atoms with Crippen LogP contribution in [0.3, 0.4) is 0 Å². The summed E-state index contributed by atoms with van der Waals surface area (Å²) in [6.07, 6.45) is 2.41. The lowest BCUT2D eigenvalue weighted by atomic mass is 10.2. The van der Waals surface area contributed by atoms with E-state index in [0.29, 0.717) is 18.9 Å². The van der Waals surface area contributed by atoms with E-state index in [1.165, 1.54) is 7.11 Å². The maximum Gasteiger partial charge on any atom is 0.357 e. The molecule has 15 heavy (non-hydrogen) atoms. The van der Waals surface area contributed by atoms with Crippen LogP contribution in [-0.4, -0.2) is 35.8 Å². The highest BCUT2D eigenvalue weighted by atomic mass is 35.5. The number of aromatic nitrogens is 2. The molecule has 0 radical (unpaired) electrons. The Morgan fingerprint density at radius 1 is 1.80 bits per heavy atom. The first-order valence-corrected chi connectivity index (χ1v) is 5.00. The minimum atomic E-state index is -0.468. The normalized spacial score (nSPS) is 20.5. The minimum Gasteiger partial charge on any atom is -0.464 e. The number of imidazole rings is 1. The van der Waals surface area contributed by atoms with Gasteiger partial charge >= 0.3 is 5.97 Å². The van der Waals surface area contributed by atoms with Gasteiger partial charge in [-0.05, 0) is 6.42 Å². The van der Waals surface area contributed by atoms with Gasteiger partial charge < -0.3 is 14.0 Å². The first kappa shape index (κ1) is 10.4. The van der Waals surface area contributed by atoms with Crippen molar-refractivity contribution in [2.45, 2.75) is 12.5 Å². The van der Waals surface area contributed by atoms with Crippen LogP contribution in [0.1, 0.15) is 23.0 Å². The molecule has 0 spiro atoms. The lowest BCUT2D eigenvalue weighted by Crippen LogP contribution is -2.16. The number of ether oxygens (including phenoxy) is 2. The number of nitrogens with zero attached hydrogens (tertiary/aromatic N) is 2. The summed E-state index contributed by atoms with van der Waals surface area (Å²) in [4.78, 5) is 15.4. The third kappa shape index (κ3) is 1.85. The van der Waals surface area contributed by atoms with Crippen molar-refractivity contribution in [3.8, 4) is 0 Å². The van der Waals surface area contributed by atoms with Gasteiger partial charge in [0.25, 0.3) is 0 Å². The van der Waals surface area contributed by atoms with Crippen LogP contribution >= 0.6 is 11.6 Å². The summed E-state index contributed by atoms with van der Waals surface area (Å²) in [5, 5.41) is 0.175. The lowest BCUT2D eigenvalue weighted by Gasteiger charge is -2.12. The average Bonchev–Trinajstić information content (AvgIpc) is 2.85. The van der Waals surface area contributed by atoms with E-state index in [0.717, 1.165) is 6.42 Å². The Labute approximate surface area is 91.9 Å². The number of carbonyl (C=O) groups excluding carboxylic acids is 1. The molecule has 0 aliphatic carbocycles. The predicted molar refractivity (Wildman–Crippen MR) is 53.0 cm³/mol. The van der Waals surface area contributed by atoms with Crippen LogP contribution in [0.2, 0.25) is 5.15 Å². The fraction of sp³-hybridized carbons (Fsp3) is 0.556. The van der Waals surface area contributed by atoms with Crippen molar-refractivity contribution in [1.82, 2.24) is 9.55 Å². The van der Waals surface area contributed by atoms with Crippen molar-refractivity contribution in [2.75, 3.05) is 20.3 Å². The molecule has 0 N–H and O–H groups in total. The van der Waals surface area contributed by atoms with Crippen molar-refractivity contribution in [3.05, 3.63) is 17.2 Å². The molecule has 1 aromatic heterocycles. The van der Waals surface area contributed by atoms with E-state index in [9.17, 15) is 4.79 Å². The van der Waals surface area contributed by atoms with Gasteiger partial charge in [0, 0.05) is 6.61 Å². The standard InChI is InChI=1S/C9H11ClN2O3/c1-14-9(13)7-8(10)11-5-12(7)6-2-3-15-4-6/h5-6H,2-4H2,1H3/t6-/m0/s1. The monoisotopic (exact) mass is 230 g/mol. The van der Waals surface area contributed by atoms with E-state index in [1.807, 2.05) is 0 Å². The number of carbonyl (C=O) groups is 1. The Bertz CT molecular complexity index is 371. The number of hydrogen-bond acceptors (Lipinski definition) is 4. The maximum absolute atomic E-state index is 11.5. The van der Waals surface area contributed by atoms with Crippen molar-refractivity contribution >= 4 is 17.6 Å². The number of halogens is 1. The summed E-state index contributed by atoms with van der Waals surface area (Å²) in [6, 6.07) is 0.124. The topological polar surface area (TPSA) is 53.3 Å². The number of methoxy groups -OCH3 is 1. The Morgan fingerprint density at radius 2 is 2.60 bits per heavy atom. The van der Waals surface area contributed by atoms with Gasteiger partial charge in [-0.25, -0.2) is 9.78 Å². The zero-order valence-corrected chi connectivity index (χ0v) is 9.03. The van der Waals surface area contributed by atoms with Crippen molar-refractivity contribution < 1.29 is 14.3 Å². The molecule has 1 atom stereocenters. The first-order chi connectivity index (χ1) is 7.24. The molecule has 1 aliphatic rings. The van der Waals surface area contributed by atoms with Crippen molar-refractivity contribution in [2.24, 2.45) is 0 Å². The second-order valence-electron chi connectivity index (χ2n) is 3.30. The van der Waals surface area contributed by atoms with Crippen LogP contribution in [0.4, 0.5) is 0 Å². The van der Waals surface area contributed by atoms with E-state index in [2.05, 4.69) is 9.72 Å². The summed E-state index contributed by atoms with van der Waals surface area (Å²) in [5.74, 6) is -0.468. The Morgan fingerprint density at radius 3 is 3.20 bits per heavy atom. The largest absolute Gasteiger partial charge is 0.464 e. The van der Waals surface area contributed by atoms with Crippen LogP contribution in [0.25, 0.3) is 0 Å². The summed E-state index contributed by atoms with van der Waals surface area (Å²) < 4.78 is 11.6. The first-order valence-electron chi connectivity index (χ1n) is 4.62. The fourth-order valence-corrected chi connectivity index (χ4v) is 1.86. The third-order valence-electron chi connectivity index (χ3n) is 2.43. The molecule has 82 valence electrons. The molecule has 2 heterocycles. The highest BCUT2D eigenvalue weighted by molar-refractivity contribution is 6.32. The van der Waals surface area contributed by atoms with Crippen LogP contribution in [0.15, 0.2) is 6.33 Å². The third-order valence-corrected chi connectivity index (χ3v) is 2.70. The zero-order chi connectivity index (χ0) is 10.8. The Balaban J connectivity index is 2.34. The molecule has 0 saturated carbocycles. The quantitative estimate of drug-likeness (QED) is 0.719. The van der Waals surface area contributed by atoms with Crippen LogP contribution in [-0.2, 0) is 9.47 Å². The Hall–Kier alpha value is -1.07. The van der Waals surface area contributed by atoms with Gasteiger partial charge in [-0.2, -0.15) is 0 Å². The molecule has 0 amide bonds. The highest BCUT2D eigenvalue weighted by Crippen LogP contribution is 2.24. The molecule has 6 heteroatoms.